The molecule has 4 rings (SSSR count). The molecular formula is C25H33N5O3S2. The minimum Gasteiger partial charge on any atom is -0.493 e. The summed E-state index contributed by atoms with van der Waals surface area (Å²) in [4.78, 5) is 13.0. The molecule has 3 heterocycles. The number of aryl methyl sites for hydroxylation is 1. The van der Waals surface area contributed by atoms with Crippen LogP contribution < -0.4 is 20.9 Å². The fourth-order valence-corrected chi connectivity index (χ4v) is 6.03. The van der Waals surface area contributed by atoms with Crippen molar-refractivity contribution in [2.75, 3.05) is 46.6 Å². The number of ether oxygens (including phenoxy) is 3. The van der Waals surface area contributed by atoms with Gasteiger partial charge in [-0.3, -0.25) is 4.90 Å². The normalized spacial score (nSPS) is 17.7. The van der Waals surface area contributed by atoms with Gasteiger partial charge in [0.15, 0.2) is 11.5 Å². The Bertz CT molecular complexity index is 1120. The number of aromatic nitrogens is 1. The summed E-state index contributed by atoms with van der Waals surface area (Å²) >= 11 is 3.32. The van der Waals surface area contributed by atoms with Crippen LogP contribution in [0.25, 0.3) is 10.6 Å². The number of hydrogen-bond donors (Lipinski definition) is 2. The van der Waals surface area contributed by atoms with Crippen LogP contribution in [0.4, 0.5) is 0 Å². The average Bonchev–Trinajstić information content (AvgIpc) is 3.16. The van der Waals surface area contributed by atoms with Crippen molar-refractivity contribution in [1.82, 2.24) is 9.88 Å². The molecule has 1 saturated heterocycles. The minimum atomic E-state index is 0.115. The Balaban J connectivity index is 1.46. The highest BCUT2D eigenvalue weighted by Crippen LogP contribution is 2.41. The van der Waals surface area contributed by atoms with Crippen LogP contribution in [-0.4, -0.2) is 62.3 Å². The second kappa shape index (κ2) is 11.9. The summed E-state index contributed by atoms with van der Waals surface area (Å²) in [5.41, 5.74) is 14.6. The molecule has 2 aliphatic rings. The zero-order chi connectivity index (χ0) is 24.8. The number of aliphatic imine (C=N–C) groups is 1. The third-order valence-electron chi connectivity index (χ3n) is 5.78. The average molecular weight is 516 g/mol. The molecule has 0 spiro atoms. The van der Waals surface area contributed by atoms with Gasteiger partial charge in [0.1, 0.15) is 17.5 Å². The highest BCUT2D eigenvalue weighted by molar-refractivity contribution is 8.03. The smallest absolute Gasteiger partial charge is 0.161 e. The Morgan fingerprint density at radius 3 is 2.80 bits per heavy atom. The maximum absolute atomic E-state index is 6.12. The molecule has 1 aromatic carbocycles. The Morgan fingerprint density at radius 2 is 2.03 bits per heavy atom. The molecule has 0 aliphatic carbocycles. The van der Waals surface area contributed by atoms with Crippen molar-refractivity contribution in [3.63, 3.8) is 0 Å². The number of methoxy groups -OCH3 is 1. The maximum atomic E-state index is 6.12. The van der Waals surface area contributed by atoms with E-state index in [0.717, 1.165) is 65.6 Å². The van der Waals surface area contributed by atoms with E-state index in [-0.39, 0.29) is 5.25 Å². The van der Waals surface area contributed by atoms with E-state index in [2.05, 4.69) is 23.7 Å². The van der Waals surface area contributed by atoms with Crippen molar-refractivity contribution in [1.29, 1.82) is 0 Å². The van der Waals surface area contributed by atoms with E-state index in [9.17, 15) is 0 Å². The summed E-state index contributed by atoms with van der Waals surface area (Å²) in [5.74, 6) is 1.88. The lowest BCUT2D eigenvalue weighted by Gasteiger charge is -2.26. The second-order valence-electron chi connectivity index (χ2n) is 8.39. The van der Waals surface area contributed by atoms with Crippen molar-refractivity contribution in [3.05, 3.63) is 51.6 Å². The molecule has 188 valence electrons. The number of allylic oxidation sites excluding steroid dienone is 1. The molecule has 1 fully saturated rings. The first-order chi connectivity index (χ1) is 16.9. The molecule has 0 bridgehead atoms. The van der Waals surface area contributed by atoms with E-state index in [1.54, 1.807) is 36.3 Å². The zero-order valence-corrected chi connectivity index (χ0v) is 22.1. The molecule has 1 unspecified atom stereocenters. The lowest BCUT2D eigenvalue weighted by molar-refractivity contribution is 0.0321. The van der Waals surface area contributed by atoms with Crippen molar-refractivity contribution in [2.24, 2.45) is 16.5 Å². The zero-order valence-electron chi connectivity index (χ0n) is 20.5. The van der Waals surface area contributed by atoms with Crippen LogP contribution in [0.3, 0.4) is 0 Å². The standard InChI is InChI=1S/C25H33N5O3S2/c1-16(34-23-7-5-19(26)15-22(27)28-23)24-17(2)35-25(29-24)18-4-6-20(31-3)21(14-18)33-13-10-30-8-11-32-12-9-30/h4,6-7,14-16H,5,8-13,26H2,1-3H3,(H2,27,28). The summed E-state index contributed by atoms with van der Waals surface area (Å²) < 4.78 is 17.1. The van der Waals surface area contributed by atoms with Crippen LogP contribution in [0.5, 0.6) is 11.5 Å². The van der Waals surface area contributed by atoms with E-state index < -0.39 is 0 Å². The van der Waals surface area contributed by atoms with Gasteiger partial charge in [-0.15, -0.1) is 11.3 Å². The van der Waals surface area contributed by atoms with Crippen molar-refractivity contribution in [3.8, 4) is 22.1 Å². The molecule has 0 saturated carbocycles. The van der Waals surface area contributed by atoms with Crippen molar-refractivity contribution >= 4 is 28.9 Å². The Labute approximate surface area is 215 Å². The summed E-state index contributed by atoms with van der Waals surface area (Å²) in [5, 5.41) is 1.93. The van der Waals surface area contributed by atoms with Gasteiger partial charge in [-0.2, -0.15) is 0 Å². The number of nitrogens with two attached hydrogens (primary N) is 2. The van der Waals surface area contributed by atoms with E-state index in [4.69, 9.17) is 30.7 Å². The van der Waals surface area contributed by atoms with Gasteiger partial charge in [0, 0.05) is 42.2 Å². The number of amidine groups is 1. The van der Waals surface area contributed by atoms with Crippen LogP contribution >= 0.6 is 23.1 Å². The fourth-order valence-electron chi connectivity index (χ4n) is 3.91. The third-order valence-corrected chi connectivity index (χ3v) is 7.89. The predicted molar refractivity (Wildman–Crippen MR) is 144 cm³/mol. The number of benzene rings is 1. The van der Waals surface area contributed by atoms with E-state index in [1.165, 1.54) is 4.88 Å². The summed E-state index contributed by atoms with van der Waals surface area (Å²) in [6, 6.07) is 5.99. The van der Waals surface area contributed by atoms with E-state index in [1.807, 2.05) is 24.3 Å². The first-order valence-corrected chi connectivity index (χ1v) is 13.4. The number of morpholine rings is 1. The third kappa shape index (κ3) is 6.78. The quantitative estimate of drug-likeness (QED) is 0.514. The van der Waals surface area contributed by atoms with Gasteiger partial charge in [0.05, 0.1) is 36.3 Å². The Kier molecular flexibility index (Phi) is 8.72. The monoisotopic (exact) mass is 515 g/mol. The highest BCUT2D eigenvalue weighted by atomic mass is 32.2. The molecule has 2 aromatic rings. The molecule has 0 radical (unpaired) electrons. The highest BCUT2D eigenvalue weighted by Gasteiger charge is 2.19. The number of rotatable bonds is 9. The molecule has 10 heteroatoms. The van der Waals surface area contributed by atoms with Crippen LogP contribution in [0, 0.1) is 6.92 Å². The van der Waals surface area contributed by atoms with Crippen molar-refractivity contribution < 1.29 is 14.2 Å². The van der Waals surface area contributed by atoms with Gasteiger partial charge < -0.3 is 25.7 Å². The molecule has 4 N–H and O–H groups in total. The molecule has 35 heavy (non-hydrogen) atoms. The van der Waals surface area contributed by atoms with E-state index >= 15 is 0 Å². The number of nitrogens with zero attached hydrogens (tertiary/aromatic N) is 3. The van der Waals surface area contributed by atoms with E-state index in [0.29, 0.717) is 24.6 Å². The number of thiazole rings is 1. The molecular weight excluding hydrogens is 482 g/mol. The first kappa shape index (κ1) is 25.6. The van der Waals surface area contributed by atoms with Gasteiger partial charge in [-0.05, 0) is 44.2 Å². The van der Waals surface area contributed by atoms with Gasteiger partial charge in [0.2, 0.25) is 0 Å². The lowest BCUT2D eigenvalue weighted by Crippen LogP contribution is -2.38. The summed E-state index contributed by atoms with van der Waals surface area (Å²) in [6.45, 7) is 9.14. The fraction of sp³-hybridized carbons (Fsp3) is 0.440. The van der Waals surface area contributed by atoms with Crippen LogP contribution in [0.15, 0.2) is 46.1 Å². The maximum Gasteiger partial charge on any atom is 0.161 e. The van der Waals surface area contributed by atoms with Crippen LogP contribution in [-0.2, 0) is 4.74 Å². The largest absolute Gasteiger partial charge is 0.493 e. The number of thioether (sulfide) groups is 1. The summed E-state index contributed by atoms with van der Waals surface area (Å²) in [7, 11) is 1.66. The van der Waals surface area contributed by atoms with Gasteiger partial charge >= 0.3 is 0 Å². The van der Waals surface area contributed by atoms with Gasteiger partial charge in [-0.1, -0.05) is 11.8 Å². The molecule has 8 nitrogen and oxygen atoms in total. The van der Waals surface area contributed by atoms with Gasteiger partial charge in [-0.25, -0.2) is 9.98 Å². The minimum absolute atomic E-state index is 0.115. The Morgan fingerprint density at radius 1 is 1.23 bits per heavy atom. The SMILES string of the molecule is COc1ccc(-c2nc(C(C)SC3=CCC(N)=CC(N)=N3)c(C)s2)cc1OCCN1CCOCC1. The van der Waals surface area contributed by atoms with Crippen LogP contribution in [0.1, 0.15) is 29.2 Å². The molecule has 0 amide bonds. The first-order valence-electron chi connectivity index (χ1n) is 11.7. The Hall–Kier alpha value is -2.53. The molecule has 2 aliphatic heterocycles. The lowest BCUT2D eigenvalue weighted by atomic mass is 10.2. The van der Waals surface area contributed by atoms with Crippen molar-refractivity contribution in [2.45, 2.75) is 25.5 Å². The predicted octanol–water partition coefficient (Wildman–Crippen LogP) is 4.08. The topological polar surface area (TPSA) is 108 Å². The summed E-state index contributed by atoms with van der Waals surface area (Å²) in [6.07, 6.45) is 4.37. The molecule has 1 atom stereocenters. The second-order valence-corrected chi connectivity index (χ2v) is 11.0. The van der Waals surface area contributed by atoms with Crippen LogP contribution in [0.2, 0.25) is 0 Å². The number of hydrogen-bond acceptors (Lipinski definition) is 10. The molecule has 1 aromatic heterocycles. The van der Waals surface area contributed by atoms with Gasteiger partial charge in [0.25, 0.3) is 0 Å².